The maximum absolute atomic E-state index is 13.7. The first-order valence-corrected chi connectivity index (χ1v) is 18.6. The number of carbonyl (C=O) groups excluding carboxylic acids is 1. The lowest BCUT2D eigenvalue weighted by Crippen LogP contribution is -2.48. The quantitative estimate of drug-likeness (QED) is 0.0840. The number of fused-ring (bicyclic) bond motifs is 1. The largest absolute Gasteiger partial charge is 0.497 e. The molecule has 0 spiro atoms. The van der Waals surface area contributed by atoms with E-state index in [1.54, 1.807) is 33.2 Å². The van der Waals surface area contributed by atoms with Crippen molar-refractivity contribution >= 4 is 29.5 Å². The Labute approximate surface area is 335 Å². The van der Waals surface area contributed by atoms with Crippen molar-refractivity contribution in [1.29, 1.82) is 0 Å². The number of aliphatic hydroxyl groups excluding tert-OH is 1. The highest BCUT2D eigenvalue weighted by Crippen LogP contribution is 2.43. The number of aliphatic imine (C=N–C) groups is 1. The zero-order valence-corrected chi connectivity index (χ0v) is 32.8. The monoisotopic (exact) mass is 787 g/mol. The van der Waals surface area contributed by atoms with Crippen LogP contribution in [0, 0.1) is 0 Å². The molecule has 0 bridgehead atoms. The van der Waals surface area contributed by atoms with Crippen molar-refractivity contribution in [2.45, 2.75) is 36.7 Å². The Bertz CT molecular complexity index is 2340. The van der Waals surface area contributed by atoms with Gasteiger partial charge in [-0.3, -0.25) is 14.3 Å². The zero-order valence-electron chi connectivity index (χ0n) is 32.8. The Balaban J connectivity index is 1.29. The fourth-order valence-corrected chi connectivity index (χ4v) is 7.07. The molecule has 7 rings (SSSR count). The number of hydrogen-bond acceptors (Lipinski definition) is 11. The molecule has 0 aliphatic carbocycles. The van der Waals surface area contributed by atoms with E-state index in [0.717, 1.165) is 22.3 Å². The standard InChI is InChI=1S/C43H45N7O8/c1-48(2)26-45-41-46-38-35(39(52)47-41)44-27-50(38)40-36(49(3)42(53)56-24-28-12-8-6-9-13-28)37(51)34(58-40)25-57-43(29-14-10-7-11-15-29,30-16-20-32(54-4)21-17-30)31-18-22-33(55-5)23-19-31/h6-23,26-27,34,36-37,40,51H,24-25H2,1-5H3,(H,46,47,52)/b45-26+/t34-,36-,37-,40-/m1/s1. The Kier molecular flexibility index (Phi) is 11.8. The van der Waals surface area contributed by atoms with E-state index in [1.807, 2.05) is 109 Å². The van der Waals surface area contributed by atoms with Crippen molar-refractivity contribution in [3.8, 4) is 11.5 Å². The second-order valence-corrected chi connectivity index (χ2v) is 13.9. The van der Waals surface area contributed by atoms with Gasteiger partial charge in [0.15, 0.2) is 17.4 Å². The SMILES string of the molecule is COc1ccc(C(OC[C@H]2O[C@@H](n3cnc4c(=O)[nH]c(/N=C/N(C)C)nc43)[C@H](N(C)C(=O)OCc3ccccc3)[C@@H]2O)(c2ccccc2)c2ccc(OC)cc2)cc1. The van der Waals surface area contributed by atoms with Gasteiger partial charge in [-0.25, -0.2) is 14.8 Å². The summed E-state index contributed by atoms with van der Waals surface area (Å²) >= 11 is 0. The molecule has 0 saturated carbocycles. The zero-order chi connectivity index (χ0) is 40.8. The molecular weight excluding hydrogens is 743 g/mol. The van der Waals surface area contributed by atoms with E-state index in [1.165, 1.54) is 29.2 Å². The minimum Gasteiger partial charge on any atom is -0.497 e. The third-order valence-corrected chi connectivity index (χ3v) is 10.0. The molecule has 1 aliphatic heterocycles. The molecule has 1 saturated heterocycles. The van der Waals surface area contributed by atoms with Crippen molar-refractivity contribution in [2.24, 2.45) is 4.99 Å². The van der Waals surface area contributed by atoms with E-state index in [2.05, 4.69) is 19.9 Å². The number of rotatable bonds is 14. The number of imidazole rings is 1. The summed E-state index contributed by atoms with van der Waals surface area (Å²) in [5.41, 5.74) is 1.57. The van der Waals surface area contributed by atoms with Crippen molar-refractivity contribution in [3.05, 3.63) is 148 Å². The third kappa shape index (κ3) is 8.00. The summed E-state index contributed by atoms with van der Waals surface area (Å²) < 4.78 is 32.0. The highest BCUT2D eigenvalue weighted by Gasteiger charge is 2.50. The van der Waals surface area contributed by atoms with Gasteiger partial charge in [0.25, 0.3) is 5.56 Å². The van der Waals surface area contributed by atoms with Gasteiger partial charge in [-0.15, -0.1) is 0 Å². The molecule has 0 radical (unpaired) electrons. The van der Waals surface area contributed by atoms with E-state index in [9.17, 15) is 14.7 Å². The average molecular weight is 788 g/mol. The fourth-order valence-electron chi connectivity index (χ4n) is 7.07. The maximum atomic E-state index is 13.7. The number of aromatic nitrogens is 4. The Morgan fingerprint density at radius 1 is 0.897 bits per heavy atom. The molecule has 3 heterocycles. The van der Waals surface area contributed by atoms with Crippen LogP contribution in [0.5, 0.6) is 11.5 Å². The summed E-state index contributed by atoms with van der Waals surface area (Å²) in [6, 6.07) is 33.1. The van der Waals surface area contributed by atoms with E-state index >= 15 is 0 Å². The number of likely N-dealkylation sites (N-methyl/N-ethyl adjacent to an activating group) is 1. The fraction of sp³-hybridized carbons (Fsp3) is 0.279. The van der Waals surface area contributed by atoms with Gasteiger partial charge in [0.2, 0.25) is 5.95 Å². The molecule has 6 aromatic rings. The number of ether oxygens (including phenoxy) is 5. The number of nitrogens with zero attached hydrogens (tertiary/aromatic N) is 6. The van der Waals surface area contributed by atoms with Crippen LogP contribution in [0.2, 0.25) is 0 Å². The highest BCUT2D eigenvalue weighted by atomic mass is 16.6. The van der Waals surface area contributed by atoms with Crippen molar-refractivity contribution in [1.82, 2.24) is 29.3 Å². The number of H-pyrrole nitrogens is 1. The smallest absolute Gasteiger partial charge is 0.410 e. The molecule has 58 heavy (non-hydrogen) atoms. The number of amides is 1. The highest BCUT2D eigenvalue weighted by molar-refractivity contribution is 5.72. The molecule has 1 amide bonds. The molecular formula is C43H45N7O8. The lowest BCUT2D eigenvalue weighted by molar-refractivity contribution is -0.0935. The first kappa shape index (κ1) is 39.7. The normalized spacial score (nSPS) is 18.0. The molecule has 2 N–H and O–H groups in total. The minimum atomic E-state index is -1.33. The minimum absolute atomic E-state index is 0.00634. The summed E-state index contributed by atoms with van der Waals surface area (Å²) in [6.45, 7) is -0.153. The molecule has 0 unspecified atom stereocenters. The van der Waals surface area contributed by atoms with Crippen LogP contribution in [0.1, 0.15) is 28.5 Å². The van der Waals surface area contributed by atoms with Gasteiger partial charge >= 0.3 is 6.09 Å². The van der Waals surface area contributed by atoms with Crippen molar-refractivity contribution in [2.75, 3.05) is 42.0 Å². The lowest BCUT2D eigenvalue weighted by atomic mass is 9.80. The van der Waals surface area contributed by atoms with Crippen LogP contribution in [-0.4, -0.2) is 107 Å². The number of carbonyl (C=O) groups is 1. The number of aliphatic hydroxyl groups is 1. The first-order valence-electron chi connectivity index (χ1n) is 18.6. The molecule has 4 atom stereocenters. The number of aromatic amines is 1. The van der Waals surface area contributed by atoms with Crippen LogP contribution in [0.15, 0.2) is 125 Å². The van der Waals surface area contributed by atoms with Gasteiger partial charge in [0, 0.05) is 21.1 Å². The lowest BCUT2D eigenvalue weighted by Gasteiger charge is -2.37. The topological polar surface area (TPSA) is 166 Å². The molecule has 4 aromatic carbocycles. The van der Waals surface area contributed by atoms with Crippen LogP contribution in [0.25, 0.3) is 11.2 Å². The van der Waals surface area contributed by atoms with E-state index in [0.29, 0.717) is 11.5 Å². The summed E-state index contributed by atoms with van der Waals surface area (Å²) in [5.74, 6) is 1.36. The van der Waals surface area contributed by atoms with E-state index < -0.39 is 41.7 Å². The van der Waals surface area contributed by atoms with Crippen LogP contribution in [-0.2, 0) is 26.4 Å². The Morgan fingerprint density at radius 2 is 1.48 bits per heavy atom. The van der Waals surface area contributed by atoms with Crippen molar-refractivity contribution in [3.63, 3.8) is 0 Å². The van der Waals surface area contributed by atoms with Crippen molar-refractivity contribution < 1.29 is 33.6 Å². The second kappa shape index (κ2) is 17.3. The van der Waals surface area contributed by atoms with Gasteiger partial charge < -0.3 is 38.6 Å². The van der Waals surface area contributed by atoms with Gasteiger partial charge in [-0.2, -0.15) is 4.98 Å². The number of benzene rings is 4. The predicted octanol–water partition coefficient (Wildman–Crippen LogP) is 5.26. The Morgan fingerprint density at radius 3 is 2.07 bits per heavy atom. The van der Waals surface area contributed by atoms with Gasteiger partial charge in [-0.05, 0) is 46.5 Å². The van der Waals surface area contributed by atoms with E-state index in [-0.39, 0.29) is 30.3 Å². The molecule has 2 aromatic heterocycles. The molecule has 15 heteroatoms. The molecule has 300 valence electrons. The third-order valence-electron chi connectivity index (χ3n) is 10.0. The van der Waals surface area contributed by atoms with Crippen LogP contribution in [0.4, 0.5) is 10.7 Å². The average Bonchev–Trinajstić information content (AvgIpc) is 3.83. The van der Waals surface area contributed by atoms with Crippen LogP contribution in [0.3, 0.4) is 0 Å². The van der Waals surface area contributed by atoms with Crippen LogP contribution >= 0.6 is 0 Å². The molecule has 1 fully saturated rings. The molecule has 15 nitrogen and oxygen atoms in total. The van der Waals surface area contributed by atoms with Gasteiger partial charge in [0.05, 0.1) is 33.5 Å². The van der Waals surface area contributed by atoms with Crippen LogP contribution < -0.4 is 15.0 Å². The summed E-state index contributed by atoms with van der Waals surface area (Å²) in [5, 5.41) is 12.3. The number of hydrogen-bond donors (Lipinski definition) is 2. The summed E-state index contributed by atoms with van der Waals surface area (Å²) in [7, 11) is 8.30. The Hall–Kier alpha value is -6.55. The second-order valence-electron chi connectivity index (χ2n) is 13.9. The van der Waals surface area contributed by atoms with Gasteiger partial charge in [0.1, 0.15) is 42.0 Å². The predicted molar refractivity (Wildman–Crippen MR) is 216 cm³/mol. The number of methoxy groups -OCH3 is 2. The summed E-state index contributed by atoms with van der Waals surface area (Å²) in [4.78, 5) is 45.7. The maximum Gasteiger partial charge on any atom is 0.410 e. The first-order chi connectivity index (χ1) is 28.1. The number of nitrogens with one attached hydrogen (secondary N) is 1. The summed E-state index contributed by atoms with van der Waals surface area (Å²) in [6.07, 6.45) is -1.26. The van der Waals surface area contributed by atoms with E-state index in [4.69, 9.17) is 23.7 Å². The van der Waals surface area contributed by atoms with Gasteiger partial charge in [-0.1, -0.05) is 84.9 Å². The molecule has 1 aliphatic rings.